The van der Waals surface area contributed by atoms with Crippen molar-refractivity contribution in [2.45, 2.75) is 56.4 Å². The van der Waals surface area contributed by atoms with Gasteiger partial charge in [0.15, 0.2) is 0 Å². The molecule has 3 heterocycles. The molecule has 0 aromatic carbocycles. The van der Waals surface area contributed by atoms with E-state index in [1.165, 1.54) is 0 Å². The summed E-state index contributed by atoms with van der Waals surface area (Å²) < 4.78 is 16.5. The van der Waals surface area contributed by atoms with E-state index in [1.807, 2.05) is 0 Å². The molecule has 2 saturated carbocycles. The smallest absolute Gasteiger partial charge is 0.312 e. The van der Waals surface area contributed by atoms with E-state index in [4.69, 9.17) is 14.2 Å². The zero-order valence-corrected chi connectivity index (χ0v) is 12.5. The minimum absolute atomic E-state index is 0.401. The average molecular weight is 310 g/mol. The molecule has 2 bridgehead atoms. The van der Waals surface area contributed by atoms with Crippen LogP contribution in [-0.2, 0) is 23.8 Å². The Labute approximate surface area is 126 Å². The first-order chi connectivity index (χ1) is 10.1. The molecule has 0 aromatic heterocycles. The molecule has 5 rings (SSSR count). The van der Waals surface area contributed by atoms with Gasteiger partial charge < -0.3 is 24.4 Å². The first kappa shape index (κ1) is 13.3. The summed E-state index contributed by atoms with van der Waals surface area (Å²) in [6.07, 6.45) is -2.44. The van der Waals surface area contributed by atoms with Crippen molar-refractivity contribution in [2.24, 2.45) is 23.2 Å². The van der Waals surface area contributed by atoms with E-state index in [9.17, 15) is 19.8 Å². The maximum Gasteiger partial charge on any atom is 0.312 e. The number of esters is 2. The Hall–Kier alpha value is -1.18. The van der Waals surface area contributed by atoms with Crippen LogP contribution in [0.25, 0.3) is 0 Å². The molecule has 0 radical (unpaired) electrons. The first-order valence-electron chi connectivity index (χ1n) is 7.64. The fourth-order valence-electron chi connectivity index (χ4n) is 5.78. The van der Waals surface area contributed by atoms with Gasteiger partial charge in [0.1, 0.15) is 30.0 Å². The largest absolute Gasteiger partial charge is 0.458 e. The van der Waals surface area contributed by atoms with Gasteiger partial charge in [0.25, 0.3) is 0 Å². The third kappa shape index (κ3) is 1.04. The van der Waals surface area contributed by atoms with E-state index in [0.29, 0.717) is 0 Å². The summed E-state index contributed by atoms with van der Waals surface area (Å²) in [6, 6.07) is 0. The maximum atomic E-state index is 12.4. The van der Waals surface area contributed by atoms with Crippen molar-refractivity contribution in [2.75, 3.05) is 0 Å². The number of epoxide rings is 1. The number of carbonyl (C=O) groups is 2. The van der Waals surface area contributed by atoms with Crippen molar-refractivity contribution >= 4 is 11.9 Å². The molecule has 0 spiro atoms. The lowest BCUT2D eigenvalue weighted by Crippen LogP contribution is -2.69. The van der Waals surface area contributed by atoms with Gasteiger partial charge in [-0.1, -0.05) is 6.92 Å². The van der Waals surface area contributed by atoms with Gasteiger partial charge in [-0.25, -0.2) is 0 Å². The zero-order chi connectivity index (χ0) is 15.8. The highest BCUT2D eigenvalue weighted by atomic mass is 16.6. The lowest BCUT2D eigenvalue weighted by atomic mass is 9.52. The van der Waals surface area contributed by atoms with Crippen LogP contribution in [0.5, 0.6) is 0 Å². The van der Waals surface area contributed by atoms with Crippen LogP contribution in [0.3, 0.4) is 0 Å². The van der Waals surface area contributed by atoms with Crippen molar-refractivity contribution in [3.05, 3.63) is 0 Å². The summed E-state index contributed by atoms with van der Waals surface area (Å²) in [7, 11) is 0. The fraction of sp³-hybridized carbons (Fsp3) is 0.867. The second kappa shape index (κ2) is 3.20. The molecule has 5 aliphatic rings. The minimum Gasteiger partial charge on any atom is -0.458 e. The normalized spacial score (nSPS) is 60.7. The third-order valence-corrected chi connectivity index (χ3v) is 6.69. The Morgan fingerprint density at radius 1 is 1.05 bits per heavy atom. The molecular formula is C15H18O7. The average Bonchev–Trinajstić information content (AvgIpc) is 2.96. The van der Waals surface area contributed by atoms with Gasteiger partial charge in [0.05, 0.1) is 22.9 Å². The summed E-state index contributed by atoms with van der Waals surface area (Å²) in [5.41, 5.74) is -3.72. The quantitative estimate of drug-likeness (QED) is 0.472. The topological polar surface area (TPSA) is 106 Å². The van der Waals surface area contributed by atoms with Gasteiger partial charge in [0.2, 0.25) is 0 Å². The Morgan fingerprint density at radius 2 is 1.68 bits per heavy atom. The van der Waals surface area contributed by atoms with Crippen LogP contribution in [-0.4, -0.2) is 57.8 Å². The molecular weight excluding hydrogens is 292 g/mol. The van der Waals surface area contributed by atoms with Gasteiger partial charge in [-0.05, 0) is 13.8 Å². The van der Waals surface area contributed by atoms with Crippen LogP contribution < -0.4 is 0 Å². The molecule has 9 atom stereocenters. The molecule has 5 fully saturated rings. The standard InChI is InChI=1S/C15H18O7/c1-13(2,18)4-5-11(16)21-7(4)9-14(3)6(12(17)22-9)8-10(20-8)15(5,14)19/h4-10,18-19H,1-3H3/t4-,5+,6+,7+,8-,9+,10+,14+,15-/m0/s1. The van der Waals surface area contributed by atoms with Gasteiger partial charge in [-0.15, -0.1) is 0 Å². The van der Waals surface area contributed by atoms with Crippen molar-refractivity contribution in [3.63, 3.8) is 0 Å². The van der Waals surface area contributed by atoms with Gasteiger partial charge in [0, 0.05) is 5.92 Å². The number of hydrogen-bond acceptors (Lipinski definition) is 7. The number of rotatable bonds is 1. The molecule has 120 valence electrons. The van der Waals surface area contributed by atoms with Crippen LogP contribution in [0.2, 0.25) is 0 Å². The Morgan fingerprint density at radius 3 is 2.32 bits per heavy atom. The predicted molar refractivity (Wildman–Crippen MR) is 68.2 cm³/mol. The Kier molecular flexibility index (Phi) is 1.93. The van der Waals surface area contributed by atoms with Crippen LogP contribution in [0.1, 0.15) is 20.8 Å². The van der Waals surface area contributed by atoms with Crippen LogP contribution in [0.15, 0.2) is 0 Å². The van der Waals surface area contributed by atoms with Gasteiger partial charge in [-0.3, -0.25) is 9.59 Å². The number of ether oxygens (including phenoxy) is 3. The van der Waals surface area contributed by atoms with E-state index in [-0.39, 0.29) is 0 Å². The summed E-state index contributed by atoms with van der Waals surface area (Å²) in [4.78, 5) is 24.7. The molecule has 7 heteroatoms. The van der Waals surface area contributed by atoms with Gasteiger partial charge >= 0.3 is 11.9 Å². The van der Waals surface area contributed by atoms with Crippen LogP contribution in [0.4, 0.5) is 0 Å². The lowest BCUT2D eigenvalue weighted by Gasteiger charge is -2.53. The molecule has 2 N–H and O–H groups in total. The second-order valence-corrected chi connectivity index (χ2v) is 8.02. The second-order valence-electron chi connectivity index (χ2n) is 8.02. The summed E-state index contributed by atoms with van der Waals surface area (Å²) in [5.74, 6) is -3.07. The summed E-state index contributed by atoms with van der Waals surface area (Å²) in [5, 5.41) is 22.0. The number of carbonyl (C=O) groups excluding carboxylic acids is 2. The number of fused-ring (bicyclic) bond motifs is 7. The fourth-order valence-corrected chi connectivity index (χ4v) is 5.78. The highest BCUT2D eigenvalue weighted by Crippen LogP contribution is 2.73. The van der Waals surface area contributed by atoms with Crippen LogP contribution in [0, 0.1) is 23.2 Å². The molecule has 3 saturated heterocycles. The van der Waals surface area contributed by atoms with E-state index >= 15 is 0 Å². The van der Waals surface area contributed by atoms with E-state index < -0.39 is 70.7 Å². The maximum absolute atomic E-state index is 12.4. The highest BCUT2D eigenvalue weighted by molar-refractivity contribution is 5.85. The molecule has 0 amide bonds. The van der Waals surface area contributed by atoms with E-state index in [1.54, 1.807) is 20.8 Å². The van der Waals surface area contributed by atoms with Crippen molar-refractivity contribution in [3.8, 4) is 0 Å². The zero-order valence-electron chi connectivity index (χ0n) is 12.5. The van der Waals surface area contributed by atoms with Crippen molar-refractivity contribution in [1.82, 2.24) is 0 Å². The molecule has 3 aliphatic heterocycles. The molecule has 22 heavy (non-hydrogen) atoms. The SMILES string of the molecule is CC(C)(O)[C@@H]1[C@H]2OC(=O)[C@@H]1[C@]1(O)[C@@H]3O[C@H]3[C@@H]3C(=O)O[C@H]2[C@@]31C. The molecule has 0 unspecified atom stereocenters. The number of hydrogen-bond donors (Lipinski definition) is 2. The third-order valence-electron chi connectivity index (χ3n) is 6.69. The monoisotopic (exact) mass is 310 g/mol. The van der Waals surface area contributed by atoms with E-state index in [0.717, 1.165) is 0 Å². The lowest BCUT2D eigenvalue weighted by molar-refractivity contribution is -0.225. The molecule has 0 aromatic rings. The van der Waals surface area contributed by atoms with E-state index in [2.05, 4.69) is 0 Å². The predicted octanol–water partition coefficient (Wildman–Crippen LogP) is -1.01. The highest BCUT2D eigenvalue weighted by Gasteiger charge is 2.91. The first-order valence-corrected chi connectivity index (χ1v) is 7.64. The van der Waals surface area contributed by atoms with Gasteiger partial charge in [-0.2, -0.15) is 0 Å². The summed E-state index contributed by atoms with van der Waals surface area (Å²) >= 11 is 0. The molecule has 2 aliphatic carbocycles. The Balaban J connectivity index is 1.76. The van der Waals surface area contributed by atoms with Crippen molar-refractivity contribution in [1.29, 1.82) is 0 Å². The Bertz CT molecular complexity index is 624. The molecule has 7 nitrogen and oxygen atoms in total. The van der Waals surface area contributed by atoms with Crippen LogP contribution >= 0.6 is 0 Å². The summed E-state index contributed by atoms with van der Waals surface area (Å²) in [6.45, 7) is 4.95. The minimum atomic E-state index is -1.55. The number of aliphatic hydroxyl groups is 2. The van der Waals surface area contributed by atoms with Crippen molar-refractivity contribution < 1.29 is 34.0 Å².